The molecule has 1 aromatic carbocycles. The number of hydrogen-bond donors (Lipinski definition) is 2. The molecule has 28 heavy (non-hydrogen) atoms. The zero-order valence-electron chi connectivity index (χ0n) is 15.7. The first kappa shape index (κ1) is 23.5. The largest absolute Gasteiger partial charge is 1.00 e. The number of carbonyl (C=O) groups excluding carboxylic acids is 1. The number of nitrogens with zero attached hydrogens (tertiary/aromatic N) is 3. The van der Waals surface area contributed by atoms with Crippen molar-refractivity contribution in [2.45, 2.75) is 13.0 Å². The minimum absolute atomic E-state index is 0. The maximum absolute atomic E-state index is 12.4. The van der Waals surface area contributed by atoms with Gasteiger partial charge in [-0.25, -0.2) is 22.3 Å². The van der Waals surface area contributed by atoms with E-state index in [1.54, 1.807) is 0 Å². The molecule has 0 radical (unpaired) electrons. The van der Waals surface area contributed by atoms with Gasteiger partial charge in [-0.3, -0.25) is 10.5 Å². The highest BCUT2D eigenvalue weighted by molar-refractivity contribution is 7.92. The third-order valence-corrected chi connectivity index (χ3v) is 5.28. The summed E-state index contributed by atoms with van der Waals surface area (Å²) in [6, 6.07) is 4.05. The lowest BCUT2D eigenvalue weighted by Gasteiger charge is -2.18. The van der Waals surface area contributed by atoms with Crippen LogP contribution in [-0.2, 0) is 28.4 Å². The maximum atomic E-state index is 12.4. The number of aromatic nitrogens is 2. The lowest BCUT2D eigenvalue weighted by atomic mass is 10.2. The van der Waals surface area contributed by atoms with Crippen molar-refractivity contribution in [2.75, 3.05) is 29.8 Å². The first-order chi connectivity index (χ1) is 12.8. The first-order valence-corrected chi connectivity index (χ1v) is 9.63. The van der Waals surface area contributed by atoms with Crippen molar-refractivity contribution >= 4 is 27.5 Å². The standard InChI is InChI=1S/C16H22N4O6S.ClH/c1-18-8-9-19(12-18)7-4-10-27(23,24)20(22)13-5-6-14(15(11-13)25-2)17-16(21)26-3;/h5-6,8-9,11-12,22H,4,7,10H2,1-3H3;1H. The summed E-state index contributed by atoms with van der Waals surface area (Å²) in [7, 11) is 0.499. The topological polar surface area (TPSA) is 114 Å². The number of ether oxygens (including phenoxy) is 2. The van der Waals surface area contributed by atoms with Crippen LogP contribution in [-0.4, -0.2) is 44.3 Å². The van der Waals surface area contributed by atoms with Crippen molar-refractivity contribution in [1.82, 2.24) is 4.57 Å². The highest BCUT2D eigenvalue weighted by atomic mass is 35.5. The fraction of sp³-hybridized carbons (Fsp3) is 0.375. The molecule has 0 fully saturated rings. The maximum Gasteiger partial charge on any atom is 0.411 e. The highest BCUT2D eigenvalue weighted by Crippen LogP contribution is 2.30. The van der Waals surface area contributed by atoms with E-state index in [1.165, 1.54) is 32.4 Å². The van der Waals surface area contributed by atoms with E-state index in [9.17, 15) is 18.4 Å². The summed E-state index contributed by atoms with van der Waals surface area (Å²) in [5, 5.41) is 12.6. The average molecular weight is 435 g/mol. The van der Waals surface area contributed by atoms with E-state index in [1.807, 2.05) is 34.9 Å². The molecule has 1 heterocycles. The smallest absolute Gasteiger partial charge is 0.411 e. The van der Waals surface area contributed by atoms with Crippen LogP contribution in [0.15, 0.2) is 36.9 Å². The number of sulfonamides is 1. The summed E-state index contributed by atoms with van der Waals surface area (Å²) in [5.74, 6) is -0.0671. The zero-order chi connectivity index (χ0) is 20.0. The fourth-order valence-corrected chi connectivity index (χ4v) is 3.48. The second-order valence-electron chi connectivity index (χ2n) is 5.73. The molecular weight excluding hydrogens is 412 g/mol. The third-order valence-electron chi connectivity index (χ3n) is 3.73. The van der Waals surface area contributed by atoms with E-state index in [0.717, 1.165) is 0 Å². The van der Waals surface area contributed by atoms with Gasteiger partial charge in [0.2, 0.25) is 6.33 Å². The minimum atomic E-state index is -3.94. The van der Waals surface area contributed by atoms with Crippen LogP contribution in [0.25, 0.3) is 0 Å². The third kappa shape index (κ3) is 6.01. The Bertz CT molecular complexity index is 902. The summed E-state index contributed by atoms with van der Waals surface area (Å²) < 4.78 is 38.3. The van der Waals surface area contributed by atoms with Crippen LogP contribution in [0.4, 0.5) is 16.2 Å². The summed E-state index contributed by atoms with van der Waals surface area (Å²) in [6.45, 7) is 0.499. The second kappa shape index (κ2) is 10.2. The van der Waals surface area contributed by atoms with Gasteiger partial charge in [-0.1, -0.05) is 0 Å². The number of imidazole rings is 1. The summed E-state index contributed by atoms with van der Waals surface area (Å²) in [4.78, 5) is 11.3. The first-order valence-electron chi connectivity index (χ1n) is 8.02. The Hall–Kier alpha value is -2.50. The van der Waals surface area contributed by atoms with E-state index < -0.39 is 16.1 Å². The molecule has 0 unspecified atom stereocenters. The van der Waals surface area contributed by atoms with Gasteiger partial charge in [0.25, 0.3) is 10.0 Å². The van der Waals surface area contributed by atoms with Crippen molar-refractivity contribution < 1.29 is 44.9 Å². The molecule has 0 spiro atoms. The van der Waals surface area contributed by atoms with Crippen LogP contribution in [0.1, 0.15) is 6.42 Å². The van der Waals surface area contributed by atoms with Gasteiger partial charge in [0.1, 0.15) is 18.1 Å². The Balaban J connectivity index is 0.00000392. The molecular formula is C16H23ClN4O6S. The van der Waals surface area contributed by atoms with Gasteiger partial charge < -0.3 is 21.9 Å². The molecule has 0 aliphatic rings. The predicted octanol–water partition coefficient (Wildman–Crippen LogP) is -1.88. The molecule has 2 rings (SSSR count). The van der Waals surface area contributed by atoms with Crippen molar-refractivity contribution in [3.63, 3.8) is 0 Å². The van der Waals surface area contributed by atoms with Gasteiger partial charge in [-0.15, -0.1) is 4.47 Å². The molecule has 1 aromatic heterocycles. The number of amides is 1. The lowest BCUT2D eigenvalue weighted by Crippen LogP contribution is -3.00. The Morgan fingerprint density at radius 1 is 1.36 bits per heavy atom. The number of halogens is 1. The zero-order valence-corrected chi connectivity index (χ0v) is 17.3. The van der Waals surface area contributed by atoms with Crippen molar-refractivity contribution in [1.29, 1.82) is 0 Å². The SMILES string of the molecule is COC(=O)Nc1ccc(N(O)S(=O)(=O)CCCn2cc[n+](C)c2)cc1OC.[Cl-]. The van der Waals surface area contributed by atoms with Crippen LogP contribution >= 0.6 is 0 Å². The van der Waals surface area contributed by atoms with Gasteiger partial charge in [0.15, 0.2) is 0 Å². The van der Waals surface area contributed by atoms with Crippen LogP contribution in [0, 0.1) is 0 Å². The quantitative estimate of drug-likeness (QED) is 0.371. The Kier molecular flexibility index (Phi) is 8.54. The molecule has 12 heteroatoms. The fourth-order valence-electron chi connectivity index (χ4n) is 2.37. The minimum Gasteiger partial charge on any atom is -1.00 e. The number of nitrogens with one attached hydrogen (secondary N) is 1. The van der Waals surface area contributed by atoms with Crippen molar-refractivity contribution in [3.05, 3.63) is 36.9 Å². The molecule has 10 nitrogen and oxygen atoms in total. The van der Waals surface area contributed by atoms with Gasteiger partial charge in [-0.2, -0.15) is 0 Å². The number of anilines is 2. The van der Waals surface area contributed by atoms with E-state index in [0.29, 0.717) is 13.0 Å². The van der Waals surface area contributed by atoms with Crippen LogP contribution < -0.4 is 31.5 Å². The van der Waals surface area contributed by atoms with E-state index in [-0.39, 0.29) is 39.8 Å². The molecule has 0 atom stereocenters. The van der Waals surface area contributed by atoms with E-state index in [2.05, 4.69) is 10.1 Å². The highest BCUT2D eigenvalue weighted by Gasteiger charge is 2.22. The Morgan fingerprint density at radius 3 is 2.64 bits per heavy atom. The molecule has 2 N–H and O–H groups in total. The molecule has 0 aliphatic carbocycles. The van der Waals surface area contributed by atoms with Crippen LogP contribution in [0.2, 0.25) is 0 Å². The van der Waals surface area contributed by atoms with E-state index in [4.69, 9.17) is 4.74 Å². The number of benzene rings is 1. The second-order valence-corrected chi connectivity index (χ2v) is 7.65. The molecule has 156 valence electrons. The normalized spacial score (nSPS) is 10.7. The molecule has 0 saturated heterocycles. The number of rotatable bonds is 8. The van der Waals surface area contributed by atoms with Crippen molar-refractivity contribution in [3.8, 4) is 5.75 Å². The molecule has 0 aliphatic heterocycles. The number of hydrogen-bond acceptors (Lipinski definition) is 6. The van der Waals surface area contributed by atoms with E-state index >= 15 is 0 Å². The molecule has 0 bridgehead atoms. The van der Waals surface area contributed by atoms with Crippen LogP contribution in [0.5, 0.6) is 5.75 Å². The van der Waals surface area contributed by atoms with Gasteiger partial charge in [-0.05, 0) is 12.1 Å². The molecule has 0 saturated carbocycles. The molecule has 2 aromatic rings. The monoisotopic (exact) mass is 434 g/mol. The Labute approximate surface area is 169 Å². The van der Waals surface area contributed by atoms with Crippen molar-refractivity contribution in [2.24, 2.45) is 7.05 Å². The number of methoxy groups -OCH3 is 2. The molecule has 1 amide bonds. The van der Waals surface area contributed by atoms with Gasteiger partial charge >= 0.3 is 6.09 Å². The Morgan fingerprint density at radius 2 is 2.07 bits per heavy atom. The number of carbonyl (C=O) groups is 1. The average Bonchev–Trinajstić information content (AvgIpc) is 3.06. The summed E-state index contributed by atoms with van der Waals surface area (Å²) >= 11 is 0. The summed E-state index contributed by atoms with van der Waals surface area (Å²) in [5.41, 5.74) is 0.272. The predicted molar refractivity (Wildman–Crippen MR) is 97.3 cm³/mol. The number of aryl methyl sites for hydroxylation is 2. The summed E-state index contributed by atoms with van der Waals surface area (Å²) in [6.07, 6.45) is 5.14. The van der Waals surface area contributed by atoms with Crippen LogP contribution in [0.3, 0.4) is 0 Å². The lowest BCUT2D eigenvalue weighted by molar-refractivity contribution is -0.671. The van der Waals surface area contributed by atoms with Gasteiger partial charge in [0.05, 0.1) is 44.9 Å². The van der Waals surface area contributed by atoms with Gasteiger partial charge in [0, 0.05) is 12.5 Å².